The highest BCUT2D eigenvalue weighted by molar-refractivity contribution is 7.16. The van der Waals surface area contributed by atoms with Crippen molar-refractivity contribution in [2.75, 3.05) is 5.32 Å². The van der Waals surface area contributed by atoms with Gasteiger partial charge in [0.15, 0.2) is 0 Å². The molecule has 0 aromatic carbocycles. The lowest BCUT2D eigenvalue weighted by Gasteiger charge is -2.06. The summed E-state index contributed by atoms with van der Waals surface area (Å²) in [5.41, 5.74) is 0.599. The summed E-state index contributed by atoms with van der Waals surface area (Å²) in [6.07, 6.45) is 1.55. The molecule has 94 valence electrons. The van der Waals surface area contributed by atoms with Crippen molar-refractivity contribution < 1.29 is 4.92 Å². The minimum Gasteiger partial charge on any atom is -0.359 e. The van der Waals surface area contributed by atoms with Crippen molar-refractivity contribution in [3.05, 3.63) is 49.3 Å². The molecule has 0 unspecified atom stereocenters. The molecule has 0 aliphatic carbocycles. The Morgan fingerprint density at radius 3 is 2.89 bits per heavy atom. The van der Waals surface area contributed by atoms with Crippen LogP contribution in [0.15, 0.2) is 24.4 Å². The number of anilines is 1. The first-order chi connectivity index (χ1) is 8.58. The summed E-state index contributed by atoms with van der Waals surface area (Å²) in [5, 5.41) is 13.9. The zero-order valence-electron chi connectivity index (χ0n) is 9.51. The van der Waals surface area contributed by atoms with E-state index in [-0.39, 0.29) is 11.5 Å². The highest BCUT2D eigenvalue weighted by Gasteiger charge is 2.18. The number of thiophene rings is 1. The second kappa shape index (κ2) is 5.32. The van der Waals surface area contributed by atoms with Gasteiger partial charge >= 0.3 is 5.69 Å². The average molecular weight is 284 g/mol. The van der Waals surface area contributed by atoms with Crippen LogP contribution >= 0.6 is 22.9 Å². The Kier molecular flexibility index (Phi) is 3.78. The quantitative estimate of drug-likeness (QED) is 0.687. The second-order valence-corrected chi connectivity index (χ2v) is 5.44. The number of aromatic nitrogens is 1. The van der Waals surface area contributed by atoms with Crippen LogP contribution in [0.1, 0.15) is 10.4 Å². The van der Waals surface area contributed by atoms with Gasteiger partial charge in [-0.15, -0.1) is 11.3 Å². The van der Waals surface area contributed by atoms with Gasteiger partial charge in [0.05, 0.1) is 15.8 Å². The van der Waals surface area contributed by atoms with E-state index in [1.54, 1.807) is 25.3 Å². The summed E-state index contributed by atoms with van der Waals surface area (Å²) in [6, 6.07) is 5.29. The first-order valence-electron chi connectivity index (χ1n) is 5.16. The predicted octanol–water partition coefficient (Wildman–Crippen LogP) is 3.63. The van der Waals surface area contributed by atoms with Gasteiger partial charge in [0.1, 0.15) is 0 Å². The lowest BCUT2D eigenvalue weighted by Crippen LogP contribution is -2.04. The molecule has 0 amide bonds. The van der Waals surface area contributed by atoms with Crippen molar-refractivity contribution in [3.8, 4) is 0 Å². The van der Waals surface area contributed by atoms with E-state index in [4.69, 9.17) is 11.6 Å². The van der Waals surface area contributed by atoms with Crippen LogP contribution in [0.25, 0.3) is 0 Å². The van der Waals surface area contributed by atoms with Crippen molar-refractivity contribution in [1.82, 2.24) is 4.98 Å². The summed E-state index contributed by atoms with van der Waals surface area (Å²) in [7, 11) is 0. The Balaban J connectivity index is 2.19. The van der Waals surface area contributed by atoms with E-state index in [0.717, 1.165) is 4.88 Å². The normalized spacial score (nSPS) is 10.3. The molecule has 0 saturated heterocycles. The van der Waals surface area contributed by atoms with E-state index < -0.39 is 4.92 Å². The zero-order chi connectivity index (χ0) is 13.1. The summed E-state index contributed by atoms with van der Waals surface area (Å²) in [4.78, 5) is 15.5. The van der Waals surface area contributed by atoms with Crippen LogP contribution in [0.3, 0.4) is 0 Å². The first kappa shape index (κ1) is 12.8. The van der Waals surface area contributed by atoms with E-state index in [2.05, 4.69) is 10.3 Å². The van der Waals surface area contributed by atoms with Gasteiger partial charge < -0.3 is 5.32 Å². The Labute approximate surface area is 113 Å². The molecular formula is C11H10ClN3O2S. The third-order valence-corrected chi connectivity index (χ3v) is 3.60. The van der Waals surface area contributed by atoms with E-state index in [9.17, 15) is 10.1 Å². The van der Waals surface area contributed by atoms with Crippen molar-refractivity contribution in [2.45, 2.75) is 13.5 Å². The average Bonchev–Trinajstić information content (AvgIpc) is 2.72. The van der Waals surface area contributed by atoms with Gasteiger partial charge in [-0.3, -0.25) is 10.1 Å². The lowest BCUT2D eigenvalue weighted by molar-refractivity contribution is -0.384. The zero-order valence-corrected chi connectivity index (χ0v) is 11.1. The molecule has 0 aliphatic heterocycles. The number of halogens is 1. The highest BCUT2D eigenvalue weighted by atomic mass is 35.5. The Bertz CT molecular complexity index is 585. The molecule has 0 saturated carbocycles. The van der Waals surface area contributed by atoms with Gasteiger partial charge in [0, 0.05) is 16.6 Å². The molecule has 0 aliphatic rings. The molecule has 2 rings (SSSR count). The van der Waals surface area contributed by atoms with E-state index >= 15 is 0 Å². The van der Waals surface area contributed by atoms with Gasteiger partial charge in [-0.2, -0.15) is 0 Å². The Hall–Kier alpha value is -1.66. The largest absolute Gasteiger partial charge is 0.359 e. The van der Waals surface area contributed by atoms with Crippen molar-refractivity contribution in [2.24, 2.45) is 0 Å². The third kappa shape index (κ3) is 2.77. The number of nitro groups is 1. The summed E-state index contributed by atoms with van der Waals surface area (Å²) < 4.78 is 0.693. The van der Waals surface area contributed by atoms with Crippen LogP contribution in [-0.4, -0.2) is 9.91 Å². The molecule has 5 nitrogen and oxygen atoms in total. The maximum Gasteiger partial charge on any atom is 0.314 e. The summed E-state index contributed by atoms with van der Waals surface area (Å²) >= 11 is 7.25. The van der Waals surface area contributed by atoms with Crippen LogP contribution in [0.5, 0.6) is 0 Å². The first-order valence-corrected chi connectivity index (χ1v) is 6.35. The summed E-state index contributed by atoms with van der Waals surface area (Å²) in [5.74, 6) is 0.282. The molecule has 2 aromatic rings. The lowest BCUT2D eigenvalue weighted by atomic mass is 10.2. The van der Waals surface area contributed by atoms with Crippen LogP contribution < -0.4 is 5.32 Å². The van der Waals surface area contributed by atoms with Gasteiger partial charge in [-0.1, -0.05) is 11.6 Å². The van der Waals surface area contributed by atoms with Crippen molar-refractivity contribution >= 4 is 34.4 Å². The minimum atomic E-state index is -0.425. The molecule has 2 heterocycles. The van der Waals surface area contributed by atoms with E-state index in [1.165, 1.54) is 11.3 Å². The molecule has 0 bridgehead atoms. The van der Waals surface area contributed by atoms with Crippen LogP contribution in [0, 0.1) is 17.0 Å². The van der Waals surface area contributed by atoms with Crippen LogP contribution in [0.2, 0.25) is 4.34 Å². The van der Waals surface area contributed by atoms with E-state index in [0.29, 0.717) is 16.4 Å². The number of nitrogens with one attached hydrogen (secondary N) is 1. The standard InChI is InChI=1S/C11H10ClN3O2S/c1-7-4-5-13-11(10(7)15(16)17)14-6-8-2-3-9(12)18-8/h2-5H,6H2,1H3,(H,13,14). The van der Waals surface area contributed by atoms with E-state index in [1.807, 2.05) is 6.07 Å². The maximum atomic E-state index is 11.0. The Morgan fingerprint density at radius 2 is 2.28 bits per heavy atom. The van der Waals surface area contributed by atoms with Crippen LogP contribution in [-0.2, 0) is 6.54 Å². The fourth-order valence-corrected chi connectivity index (χ4v) is 2.56. The second-order valence-electron chi connectivity index (χ2n) is 3.64. The fraction of sp³-hybridized carbons (Fsp3) is 0.182. The smallest absolute Gasteiger partial charge is 0.314 e. The van der Waals surface area contributed by atoms with Gasteiger partial charge in [-0.05, 0) is 25.1 Å². The van der Waals surface area contributed by atoms with Gasteiger partial charge in [0.25, 0.3) is 0 Å². The minimum absolute atomic E-state index is 0.0140. The van der Waals surface area contributed by atoms with Crippen molar-refractivity contribution in [3.63, 3.8) is 0 Å². The van der Waals surface area contributed by atoms with Crippen LogP contribution in [0.4, 0.5) is 11.5 Å². The molecule has 0 radical (unpaired) electrons. The fourth-order valence-electron chi connectivity index (χ4n) is 1.53. The molecule has 7 heteroatoms. The predicted molar refractivity (Wildman–Crippen MR) is 72.3 cm³/mol. The Morgan fingerprint density at radius 1 is 1.50 bits per heavy atom. The monoisotopic (exact) mass is 283 g/mol. The molecule has 2 aromatic heterocycles. The number of hydrogen-bond acceptors (Lipinski definition) is 5. The molecule has 0 fully saturated rings. The topological polar surface area (TPSA) is 68.1 Å². The molecule has 1 N–H and O–H groups in total. The molecular weight excluding hydrogens is 274 g/mol. The number of nitrogens with zero attached hydrogens (tertiary/aromatic N) is 2. The molecule has 18 heavy (non-hydrogen) atoms. The number of hydrogen-bond donors (Lipinski definition) is 1. The number of rotatable bonds is 4. The van der Waals surface area contributed by atoms with Gasteiger partial charge in [0.2, 0.25) is 5.82 Å². The van der Waals surface area contributed by atoms with Crippen molar-refractivity contribution in [1.29, 1.82) is 0 Å². The highest BCUT2D eigenvalue weighted by Crippen LogP contribution is 2.27. The SMILES string of the molecule is Cc1ccnc(NCc2ccc(Cl)s2)c1[N+](=O)[O-]. The maximum absolute atomic E-state index is 11.0. The number of aryl methyl sites for hydroxylation is 1. The molecule has 0 spiro atoms. The molecule has 0 atom stereocenters. The third-order valence-electron chi connectivity index (χ3n) is 2.37. The summed E-state index contributed by atoms with van der Waals surface area (Å²) in [6.45, 7) is 2.15. The number of pyridine rings is 1. The van der Waals surface area contributed by atoms with Gasteiger partial charge in [-0.25, -0.2) is 4.98 Å².